The quantitative estimate of drug-likeness (QED) is 0.642. The van der Waals surface area contributed by atoms with Crippen LogP contribution in [0.2, 0.25) is 5.02 Å². The Morgan fingerprint density at radius 1 is 1.11 bits per heavy atom. The van der Waals surface area contributed by atoms with Crippen LogP contribution in [0.15, 0.2) is 59.5 Å². The second-order valence-electron chi connectivity index (χ2n) is 6.14. The summed E-state index contributed by atoms with van der Waals surface area (Å²) < 4.78 is 0. The van der Waals surface area contributed by atoms with Gasteiger partial charge < -0.3 is 10.2 Å². The fourth-order valence-corrected chi connectivity index (χ4v) is 3.56. The number of carbonyl (C=O) groups is 2. The summed E-state index contributed by atoms with van der Waals surface area (Å²) in [6, 6.07) is 16.9. The van der Waals surface area contributed by atoms with Crippen molar-refractivity contribution in [3.8, 4) is 0 Å². The Morgan fingerprint density at radius 3 is 2.41 bits per heavy atom. The molecule has 0 aliphatic heterocycles. The molecule has 2 rings (SSSR count). The van der Waals surface area contributed by atoms with E-state index in [9.17, 15) is 9.59 Å². The highest BCUT2D eigenvalue weighted by molar-refractivity contribution is 8.00. The van der Waals surface area contributed by atoms with E-state index < -0.39 is 6.04 Å². The van der Waals surface area contributed by atoms with Gasteiger partial charge in [0.2, 0.25) is 11.8 Å². The van der Waals surface area contributed by atoms with Crippen molar-refractivity contribution in [2.75, 3.05) is 18.8 Å². The van der Waals surface area contributed by atoms with Gasteiger partial charge in [0.05, 0.1) is 5.75 Å². The second kappa shape index (κ2) is 11.0. The van der Waals surface area contributed by atoms with Crippen LogP contribution >= 0.6 is 23.4 Å². The molecule has 0 unspecified atom stereocenters. The zero-order valence-corrected chi connectivity index (χ0v) is 17.2. The molecule has 0 radical (unpaired) electrons. The number of nitrogens with zero attached hydrogens (tertiary/aromatic N) is 1. The van der Waals surface area contributed by atoms with E-state index in [2.05, 4.69) is 5.32 Å². The number of likely N-dealkylation sites (N-methyl/N-ethyl adjacent to an activating group) is 1. The molecular formula is C21H25ClN2O2S. The Bertz CT molecular complexity index is 738. The van der Waals surface area contributed by atoms with Crippen molar-refractivity contribution < 1.29 is 9.59 Å². The van der Waals surface area contributed by atoms with Crippen LogP contribution in [0.1, 0.15) is 19.4 Å². The normalized spacial score (nSPS) is 11.7. The molecule has 0 aromatic heterocycles. The van der Waals surface area contributed by atoms with Crippen molar-refractivity contribution in [3.05, 3.63) is 65.2 Å². The molecule has 0 spiro atoms. The minimum Gasteiger partial charge on any atom is -0.355 e. The molecule has 0 fully saturated rings. The first kappa shape index (κ1) is 21.3. The third-order valence-corrected chi connectivity index (χ3v) is 5.43. The lowest BCUT2D eigenvalue weighted by Gasteiger charge is -2.28. The predicted octanol–water partition coefficient (Wildman–Crippen LogP) is 4.03. The Labute approximate surface area is 170 Å². The smallest absolute Gasteiger partial charge is 0.242 e. The summed E-state index contributed by atoms with van der Waals surface area (Å²) in [5, 5.41) is 3.47. The summed E-state index contributed by atoms with van der Waals surface area (Å²) in [4.78, 5) is 27.8. The zero-order chi connectivity index (χ0) is 19.6. The Morgan fingerprint density at radius 2 is 1.78 bits per heavy atom. The van der Waals surface area contributed by atoms with Crippen LogP contribution in [0.3, 0.4) is 0 Å². The van der Waals surface area contributed by atoms with Gasteiger partial charge in [-0.3, -0.25) is 9.59 Å². The number of thioether (sulfide) groups is 1. The molecule has 0 heterocycles. The third-order valence-electron chi connectivity index (χ3n) is 4.18. The summed E-state index contributed by atoms with van der Waals surface area (Å²) in [6.07, 6.45) is 0.710. The number of halogens is 1. The number of benzene rings is 2. The summed E-state index contributed by atoms with van der Waals surface area (Å²) in [5.74, 6) is 0.0974. The number of hydrogen-bond acceptors (Lipinski definition) is 3. The topological polar surface area (TPSA) is 49.4 Å². The van der Waals surface area contributed by atoms with E-state index in [1.54, 1.807) is 24.0 Å². The van der Waals surface area contributed by atoms with Gasteiger partial charge >= 0.3 is 0 Å². The molecule has 2 aromatic rings. The first-order chi connectivity index (χ1) is 13.0. The molecule has 0 saturated heterocycles. The van der Waals surface area contributed by atoms with Crippen LogP contribution in [0.4, 0.5) is 0 Å². The van der Waals surface area contributed by atoms with E-state index in [-0.39, 0.29) is 17.6 Å². The van der Waals surface area contributed by atoms with Crippen LogP contribution in [0.25, 0.3) is 0 Å². The van der Waals surface area contributed by atoms with Crippen LogP contribution in [0.5, 0.6) is 0 Å². The molecule has 0 bridgehead atoms. The molecule has 0 aliphatic rings. The van der Waals surface area contributed by atoms with Gasteiger partial charge in [0.15, 0.2) is 0 Å². The lowest BCUT2D eigenvalue weighted by molar-refractivity contribution is -0.137. The molecule has 144 valence electrons. The largest absolute Gasteiger partial charge is 0.355 e. The van der Waals surface area contributed by atoms with E-state index in [1.807, 2.05) is 49.4 Å². The van der Waals surface area contributed by atoms with Crippen molar-refractivity contribution in [1.82, 2.24) is 10.2 Å². The van der Waals surface area contributed by atoms with Crippen molar-refractivity contribution in [3.63, 3.8) is 0 Å². The van der Waals surface area contributed by atoms with Gasteiger partial charge in [0.1, 0.15) is 6.04 Å². The minimum absolute atomic E-state index is 0.0513. The van der Waals surface area contributed by atoms with Gasteiger partial charge in [-0.2, -0.15) is 0 Å². The zero-order valence-electron chi connectivity index (χ0n) is 15.7. The predicted molar refractivity (Wildman–Crippen MR) is 112 cm³/mol. The summed E-state index contributed by atoms with van der Waals surface area (Å²) in [5.41, 5.74) is 1.14. The maximum absolute atomic E-state index is 12.9. The van der Waals surface area contributed by atoms with Gasteiger partial charge in [-0.25, -0.2) is 0 Å². The van der Waals surface area contributed by atoms with Crippen molar-refractivity contribution in [2.24, 2.45) is 0 Å². The van der Waals surface area contributed by atoms with Gasteiger partial charge in [0.25, 0.3) is 0 Å². The average Bonchev–Trinajstić information content (AvgIpc) is 2.68. The van der Waals surface area contributed by atoms with E-state index in [4.69, 9.17) is 11.6 Å². The number of carbonyl (C=O) groups excluding carboxylic acids is 2. The molecule has 27 heavy (non-hydrogen) atoms. The Hall–Kier alpha value is -1.98. The first-order valence-corrected chi connectivity index (χ1v) is 10.4. The molecular weight excluding hydrogens is 380 g/mol. The number of hydrogen-bond donors (Lipinski definition) is 1. The highest BCUT2D eigenvalue weighted by Crippen LogP contribution is 2.21. The summed E-state index contributed by atoms with van der Waals surface area (Å²) in [7, 11) is 0. The average molecular weight is 405 g/mol. The van der Waals surface area contributed by atoms with Crippen molar-refractivity contribution >= 4 is 35.2 Å². The molecule has 0 saturated carbocycles. The first-order valence-electron chi connectivity index (χ1n) is 9.00. The monoisotopic (exact) mass is 404 g/mol. The number of amides is 2. The SMILES string of the molecule is CCNC(=O)[C@H](C)N(CCc1ccccc1)C(=O)CSc1ccc(Cl)cc1. The number of rotatable bonds is 9. The number of nitrogens with one attached hydrogen (secondary N) is 1. The fraction of sp³-hybridized carbons (Fsp3) is 0.333. The maximum Gasteiger partial charge on any atom is 0.242 e. The molecule has 2 amide bonds. The lowest BCUT2D eigenvalue weighted by atomic mass is 10.1. The van der Waals surface area contributed by atoms with Crippen LogP contribution in [-0.4, -0.2) is 41.6 Å². The van der Waals surface area contributed by atoms with E-state index in [0.29, 0.717) is 24.5 Å². The van der Waals surface area contributed by atoms with Gasteiger partial charge in [-0.1, -0.05) is 41.9 Å². The third kappa shape index (κ3) is 6.92. The second-order valence-corrected chi connectivity index (χ2v) is 7.62. The van der Waals surface area contributed by atoms with Crippen LogP contribution in [-0.2, 0) is 16.0 Å². The molecule has 4 nitrogen and oxygen atoms in total. The highest BCUT2D eigenvalue weighted by Gasteiger charge is 2.25. The Kier molecular flexibility index (Phi) is 8.69. The molecule has 1 N–H and O–H groups in total. The van der Waals surface area contributed by atoms with Crippen LogP contribution < -0.4 is 5.32 Å². The van der Waals surface area contributed by atoms with Crippen molar-refractivity contribution in [1.29, 1.82) is 0 Å². The minimum atomic E-state index is -0.507. The van der Waals surface area contributed by atoms with Crippen molar-refractivity contribution in [2.45, 2.75) is 31.2 Å². The Balaban J connectivity index is 2.03. The fourth-order valence-electron chi connectivity index (χ4n) is 2.65. The van der Waals surface area contributed by atoms with E-state index >= 15 is 0 Å². The standard InChI is InChI=1S/C21H25ClN2O2S/c1-3-23-21(26)16(2)24(14-13-17-7-5-4-6-8-17)20(25)15-27-19-11-9-18(22)10-12-19/h4-12,16H,3,13-15H2,1-2H3,(H,23,26)/t16-/m0/s1. The molecule has 0 aliphatic carbocycles. The van der Waals surface area contributed by atoms with Crippen LogP contribution in [0, 0.1) is 0 Å². The lowest BCUT2D eigenvalue weighted by Crippen LogP contribution is -2.49. The van der Waals surface area contributed by atoms with Gasteiger partial charge in [-0.05, 0) is 50.1 Å². The molecule has 1 atom stereocenters. The van der Waals surface area contributed by atoms with Gasteiger partial charge in [-0.15, -0.1) is 11.8 Å². The molecule has 6 heteroatoms. The van der Waals surface area contributed by atoms with Gasteiger partial charge in [0, 0.05) is 23.0 Å². The summed E-state index contributed by atoms with van der Waals surface area (Å²) in [6.45, 7) is 4.70. The highest BCUT2D eigenvalue weighted by atomic mass is 35.5. The van der Waals surface area contributed by atoms with E-state index in [1.165, 1.54) is 11.8 Å². The van der Waals surface area contributed by atoms with E-state index in [0.717, 1.165) is 10.5 Å². The molecule has 2 aromatic carbocycles. The maximum atomic E-state index is 12.9. The summed E-state index contributed by atoms with van der Waals surface area (Å²) >= 11 is 7.35.